The van der Waals surface area contributed by atoms with Crippen LogP contribution in [0.25, 0.3) is 0 Å². The lowest BCUT2D eigenvalue weighted by atomic mass is 10.0. The van der Waals surface area contributed by atoms with Crippen LogP contribution >= 0.6 is 0 Å². The number of nitrogens with one attached hydrogen (secondary N) is 1. The van der Waals surface area contributed by atoms with Gasteiger partial charge >= 0.3 is 0 Å². The number of hydrogen-bond donors (Lipinski definition) is 2. The molecule has 0 spiro atoms. The largest absolute Gasteiger partial charge is 0.328 e. The molecule has 0 radical (unpaired) electrons. The Morgan fingerprint density at radius 3 is 2.62 bits per heavy atom. The maximum Gasteiger partial charge on any atom is 0.272 e. The Hall–Kier alpha value is -2.02. The van der Waals surface area contributed by atoms with E-state index in [1.165, 1.54) is 6.07 Å². The second-order valence-corrected chi connectivity index (χ2v) is 5.22. The van der Waals surface area contributed by atoms with Gasteiger partial charge in [-0.2, -0.15) is 0 Å². The number of carbonyl (C=O) groups excluding carboxylic acids is 1. The lowest BCUT2D eigenvalue weighted by Crippen LogP contribution is -2.22. The molecular weight excluding hydrogens is 277 g/mol. The predicted octanol–water partition coefficient (Wildman–Crippen LogP) is 2.83. The van der Waals surface area contributed by atoms with Crippen LogP contribution in [0.1, 0.15) is 33.1 Å². The van der Waals surface area contributed by atoms with Gasteiger partial charge in [-0.15, -0.1) is 0 Å². The molecular formula is C14H20FN3O3. The molecule has 0 aliphatic carbocycles. The maximum atomic E-state index is 13.7. The Kier molecular flexibility index (Phi) is 6.23. The summed E-state index contributed by atoms with van der Waals surface area (Å²) < 4.78 is 13.7. The minimum absolute atomic E-state index is 0.0513. The Balaban J connectivity index is 2.60. The average molecular weight is 297 g/mol. The van der Waals surface area contributed by atoms with Gasteiger partial charge in [0.25, 0.3) is 5.69 Å². The molecule has 1 aromatic rings. The number of hydrogen-bond acceptors (Lipinski definition) is 4. The van der Waals surface area contributed by atoms with Gasteiger partial charge in [0.05, 0.1) is 16.7 Å². The van der Waals surface area contributed by atoms with Crippen molar-refractivity contribution in [1.29, 1.82) is 0 Å². The second kappa shape index (κ2) is 7.68. The number of non-ortho nitro benzene ring substituents is 1. The van der Waals surface area contributed by atoms with Crippen LogP contribution in [0.3, 0.4) is 0 Å². The molecule has 0 fully saturated rings. The number of nitrogens with zero attached hydrogens (tertiary/aromatic N) is 1. The zero-order valence-corrected chi connectivity index (χ0v) is 12.1. The fourth-order valence-corrected chi connectivity index (χ4v) is 1.85. The molecule has 116 valence electrons. The molecule has 6 nitrogen and oxygen atoms in total. The van der Waals surface area contributed by atoms with Crippen LogP contribution in [0.4, 0.5) is 15.8 Å². The molecule has 0 heterocycles. The molecule has 2 atom stereocenters. The number of rotatable bonds is 7. The fraction of sp³-hybridized carbons (Fsp3) is 0.500. The van der Waals surface area contributed by atoms with E-state index < -0.39 is 10.7 Å². The van der Waals surface area contributed by atoms with Crippen molar-refractivity contribution >= 4 is 17.3 Å². The van der Waals surface area contributed by atoms with Crippen molar-refractivity contribution in [3.05, 3.63) is 34.1 Å². The lowest BCUT2D eigenvalue weighted by Gasteiger charge is -2.13. The Labute approximate surface area is 122 Å². The standard InChI is InChI=1S/C14H20FN3O3/c1-9(4-3-5-10(2)16)14(19)17-13-7-6-11(18(20)21)8-12(13)15/h6-10H,3-5,16H2,1-2H3,(H,17,19). The highest BCUT2D eigenvalue weighted by Crippen LogP contribution is 2.21. The van der Waals surface area contributed by atoms with Gasteiger partial charge in [-0.05, 0) is 25.8 Å². The van der Waals surface area contributed by atoms with Gasteiger partial charge in [0.1, 0.15) is 0 Å². The third-order valence-corrected chi connectivity index (χ3v) is 3.17. The number of benzene rings is 1. The second-order valence-electron chi connectivity index (χ2n) is 5.22. The summed E-state index contributed by atoms with van der Waals surface area (Å²) in [6, 6.07) is 3.22. The SMILES string of the molecule is CC(N)CCCC(C)C(=O)Nc1ccc([N+](=O)[O-])cc1F. The van der Waals surface area contributed by atoms with Crippen molar-refractivity contribution in [2.75, 3.05) is 5.32 Å². The quantitative estimate of drug-likeness (QED) is 0.597. The first kappa shape index (κ1) is 17.0. The molecule has 1 amide bonds. The van der Waals surface area contributed by atoms with Crippen molar-refractivity contribution in [2.24, 2.45) is 11.7 Å². The van der Waals surface area contributed by atoms with Crippen molar-refractivity contribution in [2.45, 2.75) is 39.2 Å². The van der Waals surface area contributed by atoms with Crippen LogP contribution in [0.5, 0.6) is 0 Å². The van der Waals surface area contributed by atoms with Gasteiger partial charge in [0.15, 0.2) is 5.82 Å². The summed E-state index contributed by atoms with van der Waals surface area (Å²) in [5, 5.41) is 13.0. The third-order valence-electron chi connectivity index (χ3n) is 3.17. The zero-order valence-electron chi connectivity index (χ0n) is 12.1. The smallest absolute Gasteiger partial charge is 0.272 e. The first-order valence-corrected chi connectivity index (χ1v) is 6.81. The van der Waals surface area contributed by atoms with Gasteiger partial charge in [0, 0.05) is 18.0 Å². The molecule has 1 rings (SSSR count). The minimum atomic E-state index is -0.819. The van der Waals surface area contributed by atoms with E-state index in [0.29, 0.717) is 6.42 Å². The number of amides is 1. The van der Waals surface area contributed by atoms with Crippen molar-refractivity contribution in [3.63, 3.8) is 0 Å². The summed E-state index contributed by atoms with van der Waals surface area (Å²) >= 11 is 0. The highest BCUT2D eigenvalue weighted by atomic mass is 19.1. The molecule has 0 aromatic heterocycles. The van der Waals surface area contributed by atoms with Gasteiger partial charge in [-0.3, -0.25) is 14.9 Å². The van der Waals surface area contributed by atoms with Crippen LogP contribution < -0.4 is 11.1 Å². The summed E-state index contributed by atoms with van der Waals surface area (Å²) in [4.78, 5) is 21.7. The summed E-state index contributed by atoms with van der Waals surface area (Å²) in [6.07, 6.45) is 2.29. The molecule has 0 saturated carbocycles. The van der Waals surface area contributed by atoms with Crippen LogP contribution in [0, 0.1) is 21.8 Å². The lowest BCUT2D eigenvalue weighted by molar-refractivity contribution is -0.385. The fourth-order valence-electron chi connectivity index (χ4n) is 1.85. The van der Waals surface area contributed by atoms with E-state index in [9.17, 15) is 19.3 Å². The van der Waals surface area contributed by atoms with E-state index in [4.69, 9.17) is 5.73 Å². The summed E-state index contributed by atoms with van der Waals surface area (Å²) in [5.74, 6) is -1.41. The highest BCUT2D eigenvalue weighted by molar-refractivity contribution is 5.92. The topological polar surface area (TPSA) is 98.3 Å². The van der Waals surface area contributed by atoms with Gasteiger partial charge < -0.3 is 11.1 Å². The average Bonchev–Trinajstić information content (AvgIpc) is 2.40. The van der Waals surface area contributed by atoms with E-state index in [1.807, 2.05) is 6.92 Å². The first-order valence-electron chi connectivity index (χ1n) is 6.81. The van der Waals surface area contributed by atoms with E-state index >= 15 is 0 Å². The number of nitro benzene ring substituents is 1. The number of carbonyl (C=O) groups is 1. The normalized spacial score (nSPS) is 13.5. The summed E-state index contributed by atoms with van der Waals surface area (Å²) in [6.45, 7) is 3.65. The van der Waals surface area contributed by atoms with Crippen LogP contribution in [-0.2, 0) is 4.79 Å². The van der Waals surface area contributed by atoms with Crippen LogP contribution in [0.2, 0.25) is 0 Å². The van der Waals surface area contributed by atoms with E-state index in [0.717, 1.165) is 25.0 Å². The number of nitro groups is 1. The maximum absolute atomic E-state index is 13.7. The van der Waals surface area contributed by atoms with E-state index in [-0.39, 0.29) is 29.2 Å². The van der Waals surface area contributed by atoms with Gasteiger partial charge in [-0.1, -0.05) is 13.3 Å². The molecule has 0 bridgehead atoms. The van der Waals surface area contributed by atoms with E-state index in [2.05, 4.69) is 5.32 Å². The Bertz CT molecular complexity index is 520. The molecule has 7 heteroatoms. The van der Waals surface area contributed by atoms with Crippen molar-refractivity contribution < 1.29 is 14.1 Å². The number of nitrogens with two attached hydrogens (primary N) is 1. The van der Waals surface area contributed by atoms with Gasteiger partial charge in [-0.25, -0.2) is 4.39 Å². The minimum Gasteiger partial charge on any atom is -0.328 e. The highest BCUT2D eigenvalue weighted by Gasteiger charge is 2.16. The van der Waals surface area contributed by atoms with Crippen molar-refractivity contribution in [1.82, 2.24) is 0 Å². The van der Waals surface area contributed by atoms with Crippen LogP contribution in [0.15, 0.2) is 18.2 Å². The summed E-state index contributed by atoms with van der Waals surface area (Å²) in [7, 11) is 0. The Morgan fingerprint density at radius 1 is 1.43 bits per heavy atom. The predicted molar refractivity (Wildman–Crippen MR) is 78.3 cm³/mol. The number of anilines is 1. The Morgan fingerprint density at radius 2 is 2.10 bits per heavy atom. The van der Waals surface area contributed by atoms with E-state index in [1.54, 1.807) is 6.92 Å². The monoisotopic (exact) mass is 297 g/mol. The molecule has 0 aliphatic rings. The van der Waals surface area contributed by atoms with Crippen molar-refractivity contribution in [3.8, 4) is 0 Å². The summed E-state index contributed by atoms with van der Waals surface area (Å²) in [5.41, 5.74) is 5.23. The molecule has 0 aliphatic heterocycles. The van der Waals surface area contributed by atoms with Crippen LogP contribution in [-0.4, -0.2) is 16.9 Å². The molecule has 0 saturated heterocycles. The third kappa shape index (κ3) is 5.47. The number of halogens is 1. The molecule has 2 unspecified atom stereocenters. The molecule has 3 N–H and O–H groups in total. The zero-order chi connectivity index (χ0) is 16.0. The molecule has 21 heavy (non-hydrogen) atoms. The first-order chi connectivity index (χ1) is 9.81. The van der Waals surface area contributed by atoms with Gasteiger partial charge in [0.2, 0.25) is 5.91 Å². The molecule has 1 aromatic carbocycles.